The maximum atomic E-state index is 12.2. The van der Waals surface area contributed by atoms with Crippen molar-refractivity contribution in [1.29, 1.82) is 0 Å². The Balaban J connectivity index is 2.72. The smallest absolute Gasteiger partial charge is 0.235 e. The fourth-order valence-corrected chi connectivity index (χ4v) is 4.47. The van der Waals surface area contributed by atoms with E-state index in [2.05, 4.69) is 0 Å². The zero-order chi connectivity index (χ0) is 13.1. The molecule has 0 aromatic rings. The van der Waals surface area contributed by atoms with Gasteiger partial charge in [0, 0.05) is 6.54 Å². The van der Waals surface area contributed by atoms with Gasteiger partial charge in [-0.3, -0.25) is 4.79 Å². The number of primary amides is 1. The van der Waals surface area contributed by atoms with E-state index in [4.69, 9.17) is 5.73 Å². The molecule has 100 valence electrons. The standard InChI is InChI=1S/C11H22N2O3S/c1-3-5-9(2)8-17(15,16)13-7-4-6-10(13)11(12)14/h9-10H,3-8H2,1-2H3,(H2,12,14)/t9-,10-/m0/s1. The largest absolute Gasteiger partial charge is 0.368 e. The van der Waals surface area contributed by atoms with Gasteiger partial charge in [0.2, 0.25) is 15.9 Å². The molecule has 17 heavy (non-hydrogen) atoms. The van der Waals surface area contributed by atoms with Crippen LogP contribution in [0, 0.1) is 5.92 Å². The summed E-state index contributed by atoms with van der Waals surface area (Å²) in [4.78, 5) is 11.2. The minimum absolute atomic E-state index is 0.116. The Kier molecular flexibility index (Phi) is 4.94. The minimum Gasteiger partial charge on any atom is -0.368 e. The van der Waals surface area contributed by atoms with Crippen molar-refractivity contribution < 1.29 is 13.2 Å². The highest BCUT2D eigenvalue weighted by molar-refractivity contribution is 7.89. The molecule has 0 bridgehead atoms. The molecule has 0 unspecified atom stereocenters. The van der Waals surface area contributed by atoms with Crippen LogP contribution in [0.4, 0.5) is 0 Å². The molecule has 1 aliphatic rings. The Labute approximate surface area is 103 Å². The monoisotopic (exact) mass is 262 g/mol. The molecule has 0 aliphatic carbocycles. The molecule has 2 atom stereocenters. The Morgan fingerprint density at radius 3 is 2.71 bits per heavy atom. The van der Waals surface area contributed by atoms with E-state index in [1.165, 1.54) is 4.31 Å². The van der Waals surface area contributed by atoms with E-state index in [0.717, 1.165) is 19.3 Å². The second kappa shape index (κ2) is 5.82. The quantitative estimate of drug-likeness (QED) is 0.765. The predicted molar refractivity (Wildman–Crippen MR) is 66.8 cm³/mol. The van der Waals surface area contributed by atoms with Crippen molar-refractivity contribution in [2.24, 2.45) is 11.7 Å². The molecule has 1 heterocycles. The molecule has 1 saturated heterocycles. The number of carbonyl (C=O) groups excluding carboxylic acids is 1. The van der Waals surface area contributed by atoms with Crippen molar-refractivity contribution in [3.05, 3.63) is 0 Å². The summed E-state index contributed by atoms with van der Waals surface area (Å²) in [7, 11) is -3.34. The third-order valence-corrected chi connectivity index (χ3v) is 5.31. The number of amides is 1. The van der Waals surface area contributed by atoms with Crippen molar-refractivity contribution in [3.8, 4) is 0 Å². The number of nitrogens with zero attached hydrogens (tertiary/aromatic N) is 1. The fraction of sp³-hybridized carbons (Fsp3) is 0.909. The van der Waals surface area contributed by atoms with Crippen LogP contribution in [0.3, 0.4) is 0 Å². The van der Waals surface area contributed by atoms with Gasteiger partial charge in [0.25, 0.3) is 0 Å². The van der Waals surface area contributed by atoms with Crippen LogP contribution in [0.2, 0.25) is 0 Å². The molecular formula is C11H22N2O3S. The summed E-state index contributed by atoms with van der Waals surface area (Å²) >= 11 is 0. The van der Waals surface area contributed by atoms with E-state index in [1.54, 1.807) is 0 Å². The number of hydrogen-bond acceptors (Lipinski definition) is 3. The highest BCUT2D eigenvalue weighted by Crippen LogP contribution is 2.23. The summed E-state index contributed by atoms with van der Waals surface area (Å²) in [5.74, 6) is -0.293. The molecule has 1 rings (SSSR count). The summed E-state index contributed by atoms with van der Waals surface area (Å²) in [5, 5.41) is 0. The second-order valence-electron chi connectivity index (χ2n) is 4.84. The van der Waals surface area contributed by atoms with Crippen LogP contribution in [0.15, 0.2) is 0 Å². The normalized spacial score (nSPS) is 23.8. The number of sulfonamides is 1. The van der Waals surface area contributed by atoms with Crippen LogP contribution < -0.4 is 5.73 Å². The molecule has 0 aromatic carbocycles. The summed E-state index contributed by atoms with van der Waals surface area (Å²) in [6.07, 6.45) is 3.12. The average molecular weight is 262 g/mol. The molecule has 5 nitrogen and oxygen atoms in total. The summed E-state index contributed by atoms with van der Waals surface area (Å²) in [6, 6.07) is -0.631. The highest BCUT2D eigenvalue weighted by atomic mass is 32.2. The van der Waals surface area contributed by atoms with Crippen LogP contribution in [0.5, 0.6) is 0 Å². The molecule has 6 heteroatoms. The van der Waals surface area contributed by atoms with E-state index in [-0.39, 0.29) is 11.7 Å². The molecule has 0 aromatic heterocycles. The van der Waals surface area contributed by atoms with Crippen molar-refractivity contribution in [1.82, 2.24) is 4.31 Å². The van der Waals surface area contributed by atoms with Gasteiger partial charge in [-0.15, -0.1) is 0 Å². The van der Waals surface area contributed by atoms with Gasteiger partial charge in [-0.2, -0.15) is 4.31 Å². The first-order valence-electron chi connectivity index (χ1n) is 6.17. The third-order valence-electron chi connectivity index (χ3n) is 3.17. The van der Waals surface area contributed by atoms with Gasteiger partial charge >= 0.3 is 0 Å². The van der Waals surface area contributed by atoms with E-state index in [0.29, 0.717) is 13.0 Å². The Morgan fingerprint density at radius 1 is 1.53 bits per heavy atom. The van der Waals surface area contributed by atoms with E-state index >= 15 is 0 Å². The lowest BCUT2D eigenvalue weighted by Gasteiger charge is -2.23. The summed E-state index contributed by atoms with van der Waals surface area (Å²) in [5.41, 5.74) is 5.23. The Hall–Kier alpha value is -0.620. The predicted octanol–water partition coefficient (Wildman–Crippen LogP) is 0.702. The third kappa shape index (κ3) is 3.67. The zero-order valence-corrected chi connectivity index (χ0v) is 11.4. The van der Waals surface area contributed by atoms with Gasteiger partial charge < -0.3 is 5.73 Å². The van der Waals surface area contributed by atoms with Crippen molar-refractivity contribution in [2.75, 3.05) is 12.3 Å². The first-order chi connectivity index (χ1) is 7.88. The van der Waals surface area contributed by atoms with Gasteiger partial charge in [-0.1, -0.05) is 20.3 Å². The van der Waals surface area contributed by atoms with Crippen LogP contribution in [0.1, 0.15) is 39.5 Å². The highest BCUT2D eigenvalue weighted by Gasteiger charge is 2.37. The maximum absolute atomic E-state index is 12.2. The SMILES string of the molecule is CCC[C@H](C)CS(=O)(=O)N1CCC[C@H]1C(N)=O. The molecule has 1 amide bonds. The first-order valence-corrected chi connectivity index (χ1v) is 7.78. The Morgan fingerprint density at radius 2 is 2.18 bits per heavy atom. The molecule has 1 aliphatic heterocycles. The molecular weight excluding hydrogens is 240 g/mol. The number of hydrogen-bond donors (Lipinski definition) is 1. The maximum Gasteiger partial charge on any atom is 0.235 e. The summed E-state index contributed by atoms with van der Waals surface area (Å²) < 4.78 is 25.6. The number of nitrogens with two attached hydrogens (primary N) is 1. The van der Waals surface area contributed by atoms with Crippen LogP contribution >= 0.6 is 0 Å². The van der Waals surface area contributed by atoms with Crippen LogP contribution in [-0.2, 0) is 14.8 Å². The van der Waals surface area contributed by atoms with Crippen molar-refractivity contribution in [3.63, 3.8) is 0 Å². The molecule has 1 fully saturated rings. The lowest BCUT2D eigenvalue weighted by atomic mass is 10.1. The van der Waals surface area contributed by atoms with Gasteiger partial charge in [0.1, 0.15) is 6.04 Å². The lowest BCUT2D eigenvalue weighted by molar-refractivity contribution is -0.121. The topological polar surface area (TPSA) is 80.5 Å². The summed E-state index contributed by atoms with van der Waals surface area (Å²) in [6.45, 7) is 4.39. The van der Waals surface area contributed by atoms with Gasteiger partial charge in [-0.25, -0.2) is 8.42 Å². The number of carbonyl (C=O) groups is 1. The minimum atomic E-state index is -3.34. The fourth-order valence-electron chi connectivity index (χ4n) is 2.39. The first kappa shape index (κ1) is 14.4. The Bertz CT molecular complexity index is 367. The lowest BCUT2D eigenvalue weighted by Crippen LogP contribution is -2.45. The average Bonchev–Trinajstić information content (AvgIpc) is 2.65. The molecule has 0 saturated carbocycles. The van der Waals surface area contributed by atoms with Gasteiger partial charge in [0.15, 0.2) is 0 Å². The molecule has 2 N–H and O–H groups in total. The van der Waals surface area contributed by atoms with Crippen molar-refractivity contribution in [2.45, 2.75) is 45.6 Å². The number of rotatable bonds is 6. The van der Waals surface area contributed by atoms with Crippen LogP contribution in [0.25, 0.3) is 0 Å². The van der Waals surface area contributed by atoms with E-state index < -0.39 is 22.0 Å². The van der Waals surface area contributed by atoms with Gasteiger partial charge in [-0.05, 0) is 25.2 Å². The van der Waals surface area contributed by atoms with Gasteiger partial charge in [0.05, 0.1) is 5.75 Å². The van der Waals surface area contributed by atoms with E-state index in [9.17, 15) is 13.2 Å². The van der Waals surface area contributed by atoms with Crippen LogP contribution in [-0.4, -0.2) is 37.0 Å². The molecule has 0 radical (unpaired) electrons. The molecule has 0 spiro atoms. The van der Waals surface area contributed by atoms with E-state index in [1.807, 2.05) is 13.8 Å². The zero-order valence-electron chi connectivity index (χ0n) is 10.6. The van der Waals surface area contributed by atoms with Crippen molar-refractivity contribution >= 4 is 15.9 Å². The second-order valence-corrected chi connectivity index (χ2v) is 6.81.